The highest BCUT2D eigenvalue weighted by molar-refractivity contribution is 6.32. The molecule has 10 nitrogen and oxygen atoms in total. The summed E-state index contributed by atoms with van der Waals surface area (Å²) in [6, 6.07) is 17.4. The van der Waals surface area contributed by atoms with Crippen LogP contribution < -0.4 is 31.6 Å². The topological polar surface area (TPSA) is 135 Å². The van der Waals surface area contributed by atoms with Gasteiger partial charge in [-0.3, -0.25) is 28.3 Å². The van der Waals surface area contributed by atoms with Crippen molar-refractivity contribution in [2.24, 2.45) is 5.73 Å². The molecule has 17 heteroatoms. The number of hydrogen-bond acceptors (Lipinski definition) is 6. The van der Waals surface area contributed by atoms with Crippen LogP contribution in [0.5, 0.6) is 11.5 Å². The number of nitrogens with zero attached hydrogens (tertiary/aromatic N) is 2. The lowest BCUT2D eigenvalue weighted by molar-refractivity contribution is 0.0961. The largest absolute Gasteiger partial charge is 0.487 e. The summed E-state index contributed by atoms with van der Waals surface area (Å²) in [6.45, 7) is 4.44. The molecule has 0 unspecified atom stereocenters. The van der Waals surface area contributed by atoms with Gasteiger partial charge in [-0.05, 0) is 80.9 Å². The highest BCUT2D eigenvalue weighted by atomic mass is 35.5. The number of carbonyl (C=O) groups excluding carboxylic acids is 2. The number of pyridine rings is 2. The lowest BCUT2D eigenvalue weighted by Crippen LogP contribution is -2.24. The van der Waals surface area contributed by atoms with Crippen molar-refractivity contribution in [1.29, 1.82) is 0 Å². The number of halogens is 7. The fraction of sp³-hybridized carbons (Fsp3) is 0.143. The van der Waals surface area contributed by atoms with Gasteiger partial charge in [0.1, 0.15) is 63.8 Å². The quantitative estimate of drug-likeness (QED) is 0.134. The van der Waals surface area contributed by atoms with Crippen molar-refractivity contribution >= 4 is 35.0 Å². The molecule has 306 valence electrons. The van der Waals surface area contributed by atoms with Gasteiger partial charge in [0, 0.05) is 65.0 Å². The molecule has 3 N–H and O–H groups in total. The summed E-state index contributed by atoms with van der Waals surface area (Å²) in [5.74, 6) is -4.76. The van der Waals surface area contributed by atoms with E-state index in [9.17, 15) is 41.1 Å². The van der Waals surface area contributed by atoms with Crippen molar-refractivity contribution in [1.82, 2.24) is 14.5 Å². The molecule has 4 aromatic carbocycles. The number of aromatic nitrogens is 2. The first-order valence-corrected chi connectivity index (χ1v) is 18.1. The molecule has 0 aliphatic carbocycles. The van der Waals surface area contributed by atoms with Gasteiger partial charge in [-0.15, -0.1) is 0 Å². The zero-order valence-corrected chi connectivity index (χ0v) is 33.1. The second-order valence-corrected chi connectivity index (χ2v) is 13.6. The Kier molecular flexibility index (Phi) is 13.6. The van der Waals surface area contributed by atoms with Gasteiger partial charge in [0.05, 0.1) is 11.4 Å². The average Bonchev–Trinajstić information content (AvgIpc) is 3.19. The Morgan fingerprint density at radius 3 is 1.54 bits per heavy atom. The Morgan fingerprint density at radius 2 is 1.08 bits per heavy atom. The summed E-state index contributed by atoms with van der Waals surface area (Å²) in [4.78, 5) is 49.0. The number of rotatable bonds is 10. The van der Waals surface area contributed by atoms with E-state index in [1.807, 2.05) is 0 Å². The minimum Gasteiger partial charge on any atom is -0.487 e. The number of benzene rings is 4. The lowest BCUT2D eigenvalue weighted by atomic mass is 10.1. The summed E-state index contributed by atoms with van der Waals surface area (Å²) in [6.07, 6.45) is 0. The monoisotopic (exact) mass is 854 g/mol. The second-order valence-electron chi connectivity index (χ2n) is 12.9. The summed E-state index contributed by atoms with van der Waals surface area (Å²) in [5.41, 5.74) is 6.38. The Morgan fingerprint density at radius 1 is 0.627 bits per heavy atom. The molecule has 6 aromatic rings. The first-order valence-electron chi connectivity index (χ1n) is 17.3. The molecule has 0 saturated heterocycles. The van der Waals surface area contributed by atoms with Crippen LogP contribution in [-0.4, -0.2) is 28.0 Å². The van der Waals surface area contributed by atoms with Crippen molar-refractivity contribution < 1.29 is 41.0 Å². The van der Waals surface area contributed by atoms with Crippen LogP contribution in [0.15, 0.2) is 94.5 Å². The van der Waals surface area contributed by atoms with E-state index in [2.05, 4.69) is 5.32 Å². The molecule has 6 rings (SSSR count). The van der Waals surface area contributed by atoms with Gasteiger partial charge in [0.2, 0.25) is 5.91 Å². The van der Waals surface area contributed by atoms with Gasteiger partial charge in [0.15, 0.2) is 0 Å². The maximum absolute atomic E-state index is 14.4. The van der Waals surface area contributed by atoms with E-state index < -0.39 is 52.0 Å². The van der Waals surface area contributed by atoms with E-state index in [0.717, 1.165) is 34.4 Å². The van der Waals surface area contributed by atoms with Crippen molar-refractivity contribution in [3.8, 4) is 22.9 Å². The molecule has 0 radical (unpaired) electrons. The summed E-state index contributed by atoms with van der Waals surface area (Å²) < 4.78 is 81.3. The minimum absolute atomic E-state index is 0.0398. The molecular formula is C42H33Cl2F5N4O6. The zero-order valence-electron chi connectivity index (χ0n) is 31.6. The van der Waals surface area contributed by atoms with Crippen LogP contribution in [0.2, 0.25) is 10.0 Å². The van der Waals surface area contributed by atoms with E-state index in [1.54, 1.807) is 26.0 Å². The van der Waals surface area contributed by atoms with Gasteiger partial charge < -0.3 is 20.5 Å². The number of carbonyl (C=O) groups is 2. The Bertz CT molecular complexity index is 2740. The number of nitrogens with one attached hydrogen (secondary N) is 1. The fourth-order valence-corrected chi connectivity index (χ4v) is 6.12. The van der Waals surface area contributed by atoms with Gasteiger partial charge in [0.25, 0.3) is 17.0 Å². The van der Waals surface area contributed by atoms with Crippen molar-refractivity contribution in [3.63, 3.8) is 0 Å². The molecule has 0 aliphatic heterocycles. The Hall–Kier alpha value is -6.45. The molecular weight excluding hydrogens is 822 g/mol. The predicted molar refractivity (Wildman–Crippen MR) is 212 cm³/mol. The summed E-state index contributed by atoms with van der Waals surface area (Å²) in [7, 11) is 1.43. The number of aryl methyl sites for hydroxylation is 3. The molecule has 0 saturated carbocycles. The minimum atomic E-state index is -0.802. The van der Waals surface area contributed by atoms with E-state index in [0.29, 0.717) is 17.4 Å². The van der Waals surface area contributed by atoms with E-state index in [4.69, 9.17) is 38.4 Å². The number of ether oxygens (including phenoxy) is 2. The van der Waals surface area contributed by atoms with Crippen LogP contribution in [-0.2, 0) is 13.2 Å². The Balaban J connectivity index is 0.000000224. The van der Waals surface area contributed by atoms with Crippen LogP contribution in [0.3, 0.4) is 0 Å². The second kappa shape index (κ2) is 18.4. The molecule has 2 aromatic heterocycles. The van der Waals surface area contributed by atoms with Gasteiger partial charge in [-0.2, -0.15) is 0 Å². The SMILES string of the molecule is CNC(=O)c1ccc(F)c(-n2c(C)cc(OCc3ccc(F)cc3F)c(Cl)c2=O)c1.Cc1ccc(C(N)=O)cc1-n1c(C)cc(OCc2ccc(F)cc2F)c(Cl)c1=O. The highest BCUT2D eigenvalue weighted by Crippen LogP contribution is 2.28. The van der Waals surface area contributed by atoms with Crippen molar-refractivity contribution in [2.75, 3.05) is 7.05 Å². The molecule has 2 heterocycles. The number of nitrogens with two attached hydrogens (primary N) is 1. The predicted octanol–water partition coefficient (Wildman–Crippen LogP) is 8.22. The summed E-state index contributed by atoms with van der Waals surface area (Å²) in [5, 5.41) is 1.86. The van der Waals surface area contributed by atoms with Crippen molar-refractivity contribution in [2.45, 2.75) is 34.0 Å². The van der Waals surface area contributed by atoms with Crippen LogP contribution in [0.1, 0.15) is 48.8 Å². The third kappa shape index (κ3) is 9.82. The maximum atomic E-state index is 14.4. The maximum Gasteiger partial charge on any atom is 0.277 e. The highest BCUT2D eigenvalue weighted by Gasteiger charge is 2.20. The molecule has 0 spiro atoms. The van der Waals surface area contributed by atoms with Gasteiger partial charge in [-0.25, -0.2) is 22.0 Å². The lowest BCUT2D eigenvalue weighted by Gasteiger charge is -2.16. The zero-order chi connectivity index (χ0) is 43.3. The third-order valence-electron chi connectivity index (χ3n) is 8.81. The number of hydrogen-bond donors (Lipinski definition) is 2. The fourth-order valence-electron chi connectivity index (χ4n) is 5.73. The molecule has 0 bridgehead atoms. The first kappa shape index (κ1) is 43.7. The van der Waals surface area contributed by atoms with E-state index in [-0.39, 0.29) is 68.4 Å². The molecule has 0 aliphatic rings. The first-order chi connectivity index (χ1) is 27.9. The van der Waals surface area contributed by atoms with Crippen LogP contribution in [0.25, 0.3) is 11.4 Å². The van der Waals surface area contributed by atoms with Crippen LogP contribution in [0, 0.1) is 49.9 Å². The van der Waals surface area contributed by atoms with Crippen molar-refractivity contribution in [3.05, 3.63) is 184 Å². The molecule has 0 atom stereocenters. The average molecular weight is 856 g/mol. The van der Waals surface area contributed by atoms with E-state index >= 15 is 0 Å². The normalized spacial score (nSPS) is 10.8. The molecule has 59 heavy (non-hydrogen) atoms. The van der Waals surface area contributed by atoms with Crippen LogP contribution >= 0.6 is 23.2 Å². The smallest absolute Gasteiger partial charge is 0.277 e. The number of amides is 2. The van der Waals surface area contributed by atoms with Gasteiger partial charge in [-0.1, -0.05) is 29.3 Å². The third-order valence-corrected chi connectivity index (χ3v) is 9.50. The van der Waals surface area contributed by atoms with Gasteiger partial charge >= 0.3 is 0 Å². The number of primary amides is 1. The molecule has 2 amide bonds. The van der Waals surface area contributed by atoms with Crippen LogP contribution in [0.4, 0.5) is 22.0 Å². The molecule has 0 fully saturated rings. The van der Waals surface area contributed by atoms with E-state index in [1.165, 1.54) is 61.0 Å². The summed E-state index contributed by atoms with van der Waals surface area (Å²) >= 11 is 12.3. The Labute approximate surface area is 343 Å². The standard InChI is InChI=1S/C21H16ClF3N2O3.C21H17ClF2N2O3/c1-11-7-18(30-10-13-3-5-14(23)9-16(13)25)19(22)21(29)27(11)17-8-12(20(28)26-2)4-6-15(17)24;1-11-3-4-13(20(25)27)8-17(11)26-12(2)7-18(19(22)21(26)28)29-10-14-5-6-15(23)9-16(14)24/h3-9H,10H2,1-2H3,(H,26,28);3-9H,10H2,1-2H3,(H2,25,27).